The van der Waals surface area contributed by atoms with Crippen molar-refractivity contribution >= 4 is 11.8 Å². The molecule has 2 nitrogen and oxygen atoms in total. The van der Waals surface area contributed by atoms with Gasteiger partial charge in [-0.05, 0) is 37.9 Å². The molecule has 1 N–H and O–H groups in total. The number of benzene rings is 1. The highest BCUT2D eigenvalue weighted by molar-refractivity contribution is 7.99. The number of nitrogens with one attached hydrogen (secondary N) is 1. The lowest BCUT2D eigenvalue weighted by atomic mass is 10.2. The Hall–Kier alpha value is -0.510. The molecule has 0 aliphatic heterocycles. The number of ether oxygens (including phenoxy) is 1. The fourth-order valence-electron chi connectivity index (χ4n) is 1.79. The van der Waals surface area contributed by atoms with Crippen LogP contribution in [0, 0.1) is 6.92 Å². The summed E-state index contributed by atoms with van der Waals surface area (Å²) < 4.78 is 5.68. The van der Waals surface area contributed by atoms with Gasteiger partial charge < -0.3 is 10.1 Å². The van der Waals surface area contributed by atoms with Crippen LogP contribution in [0.3, 0.4) is 0 Å². The predicted octanol–water partition coefficient (Wildman–Crippen LogP) is 3.88. The number of hydrogen-bond acceptors (Lipinski definition) is 3. The van der Waals surface area contributed by atoms with Crippen molar-refractivity contribution in [2.24, 2.45) is 0 Å². The van der Waals surface area contributed by atoms with Gasteiger partial charge in [-0.25, -0.2) is 0 Å². The molecule has 0 saturated carbocycles. The lowest BCUT2D eigenvalue weighted by Crippen LogP contribution is -2.36. The van der Waals surface area contributed by atoms with Crippen LogP contribution in [-0.4, -0.2) is 31.6 Å². The zero-order valence-corrected chi connectivity index (χ0v) is 13.3. The molecule has 0 fully saturated rings. The van der Waals surface area contributed by atoms with E-state index >= 15 is 0 Å². The van der Waals surface area contributed by atoms with E-state index in [9.17, 15) is 0 Å². The van der Waals surface area contributed by atoms with Gasteiger partial charge in [0.05, 0.1) is 6.61 Å². The average molecular weight is 281 g/mol. The van der Waals surface area contributed by atoms with Gasteiger partial charge in [0.15, 0.2) is 0 Å². The van der Waals surface area contributed by atoms with Gasteiger partial charge in [-0.15, -0.1) is 11.8 Å². The first-order valence-electron chi connectivity index (χ1n) is 7.27. The molecule has 108 valence electrons. The lowest BCUT2D eigenvalue weighted by molar-refractivity contribution is 0.117. The summed E-state index contributed by atoms with van der Waals surface area (Å²) >= 11 is 1.92. The third kappa shape index (κ3) is 7.00. The van der Waals surface area contributed by atoms with Gasteiger partial charge in [-0.2, -0.15) is 0 Å². The maximum absolute atomic E-state index is 5.68. The fraction of sp³-hybridized carbons (Fsp3) is 0.625. The summed E-state index contributed by atoms with van der Waals surface area (Å²) in [5.41, 5.74) is 1.36. The van der Waals surface area contributed by atoms with Crippen molar-refractivity contribution in [1.29, 1.82) is 0 Å². The third-order valence-electron chi connectivity index (χ3n) is 2.88. The Morgan fingerprint density at radius 3 is 2.68 bits per heavy atom. The summed E-state index contributed by atoms with van der Waals surface area (Å²) in [4.78, 5) is 1.38. The fourth-order valence-corrected chi connectivity index (χ4v) is 2.86. The van der Waals surface area contributed by atoms with Crippen LogP contribution < -0.4 is 5.32 Å². The molecule has 0 aliphatic rings. The van der Waals surface area contributed by atoms with Gasteiger partial charge in [0.2, 0.25) is 0 Å². The highest BCUT2D eigenvalue weighted by Crippen LogP contribution is 2.22. The number of thioether (sulfide) groups is 1. The molecular weight excluding hydrogens is 254 g/mol. The SMILES string of the molecule is CCCNC(COCCC)CSc1ccccc1C. The molecule has 0 aliphatic carbocycles. The van der Waals surface area contributed by atoms with E-state index in [-0.39, 0.29) is 0 Å². The number of hydrogen-bond donors (Lipinski definition) is 1. The molecule has 0 saturated heterocycles. The zero-order valence-electron chi connectivity index (χ0n) is 12.4. The highest BCUT2D eigenvalue weighted by Gasteiger charge is 2.09. The van der Waals surface area contributed by atoms with E-state index in [1.165, 1.54) is 16.9 Å². The molecule has 0 bridgehead atoms. The second kappa shape index (κ2) is 10.3. The first-order valence-corrected chi connectivity index (χ1v) is 8.26. The van der Waals surface area contributed by atoms with E-state index in [4.69, 9.17) is 4.74 Å². The van der Waals surface area contributed by atoms with Crippen LogP contribution in [0.5, 0.6) is 0 Å². The Morgan fingerprint density at radius 2 is 2.00 bits per heavy atom. The smallest absolute Gasteiger partial charge is 0.0627 e. The third-order valence-corrected chi connectivity index (χ3v) is 4.22. The largest absolute Gasteiger partial charge is 0.380 e. The van der Waals surface area contributed by atoms with Gasteiger partial charge in [-0.1, -0.05) is 32.0 Å². The summed E-state index contributed by atoms with van der Waals surface area (Å²) in [6, 6.07) is 9.01. The summed E-state index contributed by atoms with van der Waals surface area (Å²) in [5, 5.41) is 3.57. The standard InChI is InChI=1S/C16H27NOS/c1-4-10-17-15(12-18-11-5-2)13-19-16-9-7-6-8-14(16)3/h6-9,15,17H,4-5,10-13H2,1-3H3. The molecule has 0 aromatic heterocycles. The zero-order chi connectivity index (χ0) is 13.9. The van der Waals surface area contributed by atoms with Crippen LogP contribution in [0.25, 0.3) is 0 Å². The maximum atomic E-state index is 5.68. The van der Waals surface area contributed by atoms with Crippen LogP contribution in [0.1, 0.15) is 32.3 Å². The van der Waals surface area contributed by atoms with E-state index < -0.39 is 0 Å². The Labute approximate surface area is 122 Å². The second-order valence-corrected chi connectivity index (χ2v) is 5.86. The minimum absolute atomic E-state index is 0.441. The van der Waals surface area contributed by atoms with Crippen molar-refractivity contribution in [2.75, 3.05) is 25.5 Å². The van der Waals surface area contributed by atoms with Crippen LogP contribution in [0.2, 0.25) is 0 Å². The average Bonchev–Trinajstić information content (AvgIpc) is 2.43. The molecule has 0 spiro atoms. The van der Waals surface area contributed by atoms with Crippen molar-refractivity contribution in [3.05, 3.63) is 29.8 Å². The van der Waals surface area contributed by atoms with Crippen LogP contribution in [-0.2, 0) is 4.74 Å². The van der Waals surface area contributed by atoms with E-state index in [1.54, 1.807) is 0 Å². The molecule has 3 heteroatoms. The monoisotopic (exact) mass is 281 g/mol. The molecule has 19 heavy (non-hydrogen) atoms. The normalized spacial score (nSPS) is 12.6. The van der Waals surface area contributed by atoms with Gasteiger partial charge in [0, 0.05) is 23.3 Å². The van der Waals surface area contributed by atoms with Gasteiger partial charge in [-0.3, -0.25) is 0 Å². The van der Waals surface area contributed by atoms with Crippen molar-refractivity contribution in [2.45, 2.75) is 44.6 Å². The Morgan fingerprint density at radius 1 is 1.21 bits per heavy atom. The summed E-state index contributed by atoms with van der Waals surface area (Å²) in [5.74, 6) is 1.06. The molecule has 1 aromatic carbocycles. The van der Waals surface area contributed by atoms with Crippen LogP contribution >= 0.6 is 11.8 Å². The minimum Gasteiger partial charge on any atom is -0.380 e. The first kappa shape index (κ1) is 16.5. The molecule has 1 unspecified atom stereocenters. The van der Waals surface area contributed by atoms with Crippen molar-refractivity contribution in [3.8, 4) is 0 Å². The van der Waals surface area contributed by atoms with Gasteiger partial charge >= 0.3 is 0 Å². The quantitative estimate of drug-likeness (QED) is 0.519. The van der Waals surface area contributed by atoms with Gasteiger partial charge in [0.25, 0.3) is 0 Å². The summed E-state index contributed by atoms with van der Waals surface area (Å²) in [6.45, 7) is 9.26. The Bertz CT molecular complexity index is 343. The van der Waals surface area contributed by atoms with E-state index in [1.807, 2.05) is 11.8 Å². The molecular formula is C16H27NOS. The Balaban J connectivity index is 2.40. The first-order chi connectivity index (χ1) is 9.27. The summed E-state index contributed by atoms with van der Waals surface area (Å²) in [7, 11) is 0. The second-order valence-electron chi connectivity index (χ2n) is 4.80. The van der Waals surface area contributed by atoms with E-state index in [2.05, 4.69) is 50.4 Å². The predicted molar refractivity (Wildman–Crippen MR) is 85.1 cm³/mol. The van der Waals surface area contributed by atoms with Gasteiger partial charge in [0.1, 0.15) is 0 Å². The molecule has 1 aromatic rings. The lowest BCUT2D eigenvalue weighted by Gasteiger charge is -2.18. The van der Waals surface area contributed by atoms with E-state index in [0.29, 0.717) is 6.04 Å². The molecule has 0 amide bonds. The van der Waals surface area contributed by atoms with Crippen LogP contribution in [0.4, 0.5) is 0 Å². The number of aryl methyl sites for hydroxylation is 1. The minimum atomic E-state index is 0.441. The van der Waals surface area contributed by atoms with Crippen molar-refractivity contribution in [1.82, 2.24) is 5.32 Å². The summed E-state index contributed by atoms with van der Waals surface area (Å²) in [6.07, 6.45) is 2.25. The van der Waals surface area contributed by atoms with Crippen LogP contribution in [0.15, 0.2) is 29.2 Å². The topological polar surface area (TPSA) is 21.3 Å². The van der Waals surface area contributed by atoms with Crippen molar-refractivity contribution in [3.63, 3.8) is 0 Å². The molecule has 0 heterocycles. The molecule has 0 radical (unpaired) electrons. The Kier molecular flexibility index (Phi) is 8.97. The molecule has 1 atom stereocenters. The van der Waals surface area contributed by atoms with Crippen molar-refractivity contribution < 1.29 is 4.74 Å². The maximum Gasteiger partial charge on any atom is 0.0627 e. The molecule has 1 rings (SSSR count). The highest BCUT2D eigenvalue weighted by atomic mass is 32.2. The number of rotatable bonds is 10. The van der Waals surface area contributed by atoms with E-state index in [0.717, 1.165) is 31.9 Å².